The third-order valence-electron chi connectivity index (χ3n) is 1.56. The highest BCUT2D eigenvalue weighted by molar-refractivity contribution is 7.97. The van der Waals surface area contributed by atoms with Crippen molar-refractivity contribution in [1.29, 1.82) is 0 Å². The topological polar surface area (TPSA) is 29.3 Å². The minimum absolute atomic E-state index is 0.982. The maximum absolute atomic E-state index is 5.41. The van der Waals surface area contributed by atoms with E-state index in [-0.39, 0.29) is 0 Å². The summed E-state index contributed by atoms with van der Waals surface area (Å²) in [7, 11) is 4.12. The van der Waals surface area contributed by atoms with Crippen molar-refractivity contribution < 1.29 is 0 Å². The summed E-state index contributed by atoms with van der Waals surface area (Å²) in [4.78, 5) is 3.25. The van der Waals surface area contributed by atoms with E-state index < -0.39 is 0 Å². The normalized spacial score (nSPS) is 10.7. The Balaban J connectivity index is 2.65. The van der Waals surface area contributed by atoms with Crippen molar-refractivity contribution in [2.24, 2.45) is 5.14 Å². The van der Waals surface area contributed by atoms with Crippen molar-refractivity contribution in [2.45, 2.75) is 11.4 Å². The fourth-order valence-corrected chi connectivity index (χ4v) is 1.33. The van der Waals surface area contributed by atoms with Gasteiger partial charge in [-0.05, 0) is 43.7 Å². The molecule has 2 nitrogen and oxygen atoms in total. The second-order valence-corrected chi connectivity index (χ2v) is 3.71. The first-order valence-electron chi connectivity index (χ1n) is 3.83. The Bertz CT molecular complexity index is 231. The van der Waals surface area contributed by atoms with Crippen LogP contribution in [0.1, 0.15) is 5.56 Å². The van der Waals surface area contributed by atoms with Crippen molar-refractivity contribution >= 4 is 11.9 Å². The van der Waals surface area contributed by atoms with Crippen LogP contribution in [0.4, 0.5) is 0 Å². The lowest BCUT2D eigenvalue weighted by Crippen LogP contribution is -2.10. The molecule has 0 aliphatic rings. The third-order valence-corrected chi connectivity index (χ3v) is 2.10. The van der Waals surface area contributed by atoms with Crippen LogP contribution < -0.4 is 5.14 Å². The van der Waals surface area contributed by atoms with Gasteiger partial charge in [0.2, 0.25) is 0 Å². The predicted octanol–water partition coefficient (Wildman–Crippen LogP) is 1.71. The lowest BCUT2D eigenvalue weighted by molar-refractivity contribution is 0.402. The molecular weight excluding hydrogens is 168 g/mol. The molecule has 3 heteroatoms. The summed E-state index contributed by atoms with van der Waals surface area (Å²) in [6.45, 7) is 0.982. The Kier molecular flexibility index (Phi) is 3.59. The number of nitrogens with zero attached hydrogens (tertiary/aromatic N) is 1. The zero-order chi connectivity index (χ0) is 8.97. The van der Waals surface area contributed by atoms with E-state index in [4.69, 9.17) is 5.14 Å². The number of nitrogens with two attached hydrogens (primary N) is 1. The molecule has 0 atom stereocenters. The van der Waals surface area contributed by atoms with Crippen LogP contribution in [0.3, 0.4) is 0 Å². The fraction of sp³-hybridized carbons (Fsp3) is 0.333. The Hall–Kier alpha value is -0.510. The van der Waals surface area contributed by atoms with Gasteiger partial charge in [0.25, 0.3) is 0 Å². The Labute approximate surface area is 77.9 Å². The Morgan fingerprint density at radius 1 is 1.25 bits per heavy atom. The van der Waals surface area contributed by atoms with E-state index in [1.54, 1.807) is 0 Å². The standard InChI is InChI=1S/C9H14N2S/c1-11(2)7-8-3-5-9(12-10)6-4-8/h3-6H,7,10H2,1-2H3. The largest absolute Gasteiger partial charge is 0.305 e. The first-order valence-corrected chi connectivity index (χ1v) is 4.71. The van der Waals surface area contributed by atoms with Gasteiger partial charge < -0.3 is 4.90 Å². The van der Waals surface area contributed by atoms with Crippen LogP contribution >= 0.6 is 11.9 Å². The van der Waals surface area contributed by atoms with Crippen molar-refractivity contribution in [2.75, 3.05) is 14.1 Å². The first-order chi connectivity index (χ1) is 5.72. The summed E-state index contributed by atoms with van der Waals surface area (Å²) >= 11 is 1.28. The van der Waals surface area contributed by atoms with Crippen molar-refractivity contribution in [3.63, 3.8) is 0 Å². The maximum atomic E-state index is 5.41. The summed E-state index contributed by atoms with van der Waals surface area (Å²) in [5.74, 6) is 0. The number of benzene rings is 1. The van der Waals surface area contributed by atoms with Crippen LogP contribution in [-0.4, -0.2) is 19.0 Å². The molecule has 0 saturated heterocycles. The summed E-state index contributed by atoms with van der Waals surface area (Å²) in [5, 5.41) is 5.41. The van der Waals surface area contributed by atoms with E-state index in [0.29, 0.717) is 0 Å². The molecule has 2 N–H and O–H groups in total. The van der Waals surface area contributed by atoms with Crippen LogP contribution in [0.5, 0.6) is 0 Å². The molecule has 0 aliphatic heterocycles. The molecule has 0 spiro atoms. The van der Waals surface area contributed by atoms with Crippen LogP contribution in [0.15, 0.2) is 29.2 Å². The molecule has 0 radical (unpaired) electrons. The molecule has 66 valence electrons. The monoisotopic (exact) mass is 182 g/mol. The summed E-state index contributed by atoms with van der Waals surface area (Å²) in [6.07, 6.45) is 0. The molecule has 0 unspecified atom stereocenters. The third kappa shape index (κ3) is 2.85. The average molecular weight is 182 g/mol. The highest BCUT2D eigenvalue weighted by atomic mass is 32.2. The van der Waals surface area contributed by atoms with Gasteiger partial charge in [-0.2, -0.15) is 0 Å². The summed E-state index contributed by atoms with van der Waals surface area (Å²) in [5.41, 5.74) is 1.32. The molecule has 0 aliphatic carbocycles. The van der Waals surface area contributed by atoms with Crippen LogP contribution in [0.2, 0.25) is 0 Å². The van der Waals surface area contributed by atoms with E-state index in [0.717, 1.165) is 11.4 Å². The molecule has 0 bridgehead atoms. The quantitative estimate of drug-likeness (QED) is 0.722. The highest BCUT2D eigenvalue weighted by Gasteiger charge is 1.94. The van der Waals surface area contributed by atoms with Crippen LogP contribution in [0, 0.1) is 0 Å². The number of hydrogen-bond acceptors (Lipinski definition) is 3. The lowest BCUT2D eigenvalue weighted by atomic mass is 10.2. The molecule has 1 rings (SSSR count). The molecule has 0 aromatic heterocycles. The zero-order valence-corrected chi connectivity index (χ0v) is 8.27. The predicted molar refractivity (Wildman–Crippen MR) is 53.9 cm³/mol. The van der Waals surface area contributed by atoms with Crippen molar-refractivity contribution in [3.05, 3.63) is 29.8 Å². The molecule has 12 heavy (non-hydrogen) atoms. The minimum atomic E-state index is 0.982. The Morgan fingerprint density at radius 2 is 1.83 bits per heavy atom. The Morgan fingerprint density at radius 3 is 2.25 bits per heavy atom. The maximum Gasteiger partial charge on any atom is 0.0227 e. The van der Waals surface area contributed by atoms with Crippen molar-refractivity contribution in [1.82, 2.24) is 4.90 Å². The van der Waals surface area contributed by atoms with Gasteiger partial charge in [0.1, 0.15) is 0 Å². The summed E-state index contributed by atoms with van der Waals surface area (Å²) in [6, 6.07) is 8.30. The molecule has 0 fully saturated rings. The van der Waals surface area contributed by atoms with E-state index in [2.05, 4.69) is 31.1 Å². The number of rotatable bonds is 3. The van der Waals surface area contributed by atoms with Crippen molar-refractivity contribution in [3.8, 4) is 0 Å². The van der Waals surface area contributed by atoms with Gasteiger partial charge in [-0.25, -0.2) is 0 Å². The second kappa shape index (κ2) is 4.50. The first kappa shape index (κ1) is 9.58. The molecule has 0 saturated carbocycles. The van der Waals surface area contributed by atoms with Gasteiger partial charge in [0.15, 0.2) is 0 Å². The second-order valence-electron chi connectivity index (χ2n) is 3.00. The van der Waals surface area contributed by atoms with E-state index in [1.807, 2.05) is 12.1 Å². The highest BCUT2D eigenvalue weighted by Crippen LogP contribution is 2.12. The van der Waals surface area contributed by atoms with Crippen LogP contribution in [-0.2, 0) is 6.54 Å². The average Bonchev–Trinajstić information content (AvgIpc) is 2.05. The molecular formula is C9H14N2S. The van der Waals surface area contributed by atoms with Gasteiger partial charge in [0, 0.05) is 11.4 Å². The molecule has 0 amide bonds. The van der Waals surface area contributed by atoms with Gasteiger partial charge in [-0.3, -0.25) is 5.14 Å². The molecule has 1 aromatic carbocycles. The van der Waals surface area contributed by atoms with E-state index in [9.17, 15) is 0 Å². The minimum Gasteiger partial charge on any atom is -0.305 e. The number of hydrogen-bond donors (Lipinski definition) is 1. The van der Waals surface area contributed by atoms with Gasteiger partial charge in [0.05, 0.1) is 0 Å². The SMILES string of the molecule is CN(C)Cc1ccc(SN)cc1. The fourth-order valence-electron chi connectivity index (χ4n) is 1.04. The van der Waals surface area contributed by atoms with E-state index >= 15 is 0 Å². The molecule has 1 aromatic rings. The van der Waals surface area contributed by atoms with Gasteiger partial charge in [-0.15, -0.1) is 0 Å². The summed E-state index contributed by atoms with van der Waals surface area (Å²) < 4.78 is 0. The van der Waals surface area contributed by atoms with Gasteiger partial charge >= 0.3 is 0 Å². The van der Waals surface area contributed by atoms with Gasteiger partial charge in [-0.1, -0.05) is 12.1 Å². The van der Waals surface area contributed by atoms with Crippen LogP contribution in [0.25, 0.3) is 0 Å². The molecule has 0 heterocycles. The smallest absolute Gasteiger partial charge is 0.0227 e. The lowest BCUT2D eigenvalue weighted by Gasteiger charge is -2.09. The zero-order valence-electron chi connectivity index (χ0n) is 7.45. The van der Waals surface area contributed by atoms with E-state index in [1.165, 1.54) is 17.5 Å².